The van der Waals surface area contributed by atoms with Crippen LogP contribution in [0.4, 0.5) is 5.95 Å². The molecular weight excluding hydrogens is 286 g/mol. The Morgan fingerprint density at radius 3 is 2.56 bits per heavy atom. The second-order valence-corrected chi connectivity index (χ2v) is 5.37. The van der Waals surface area contributed by atoms with E-state index in [9.17, 15) is 0 Å². The van der Waals surface area contributed by atoms with Gasteiger partial charge in [-0.15, -0.1) is 11.3 Å². The van der Waals surface area contributed by atoms with Gasteiger partial charge in [0.25, 0.3) is 0 Å². The molecule has 0 aromatic carbocycles. The average molecular weight is 298 g/mol. The van der Waals surface area contributed by atoms with E-state index >= 15 is 0 Å². The van der Waals surface area contributed by atoms with Crippen LogP contribution < -0.4 is 5.32 Å². The van der Waals surface area contributed by atoms with Gasteiger partial charge in [0, 0.05) is 20.7 Å². The monoisotopic (exact) mass is 297 g/mol. The lowest BCUT2D eigenvalue weighted by Gasteiger charge is -2.05. The van der Waals surface area contributed by atoms with Gasteiger partial charge in [0.05, 0.1) is 6.54 Å². The molecule has 3 nitrogen and oxygen atoms in total. The largest absolute Gasteiger partial charge is 0.349 e. The molecule has 2 aromatic heterocycles. The molecule has 0 amide bonds. The van der Waals surface area contributed by atoms with E-state index in [0.29, 0.717) is 5.95 Å². The highest BCUT2D eigenvalue weighted by Gasteiger charge is 2.03. The number of thiophene rings is 1. The molecule has 2 aromatic rings. The van der Waals surface area contributed by atoms with Gasteiger partial charge in [-0.1, -0.05) is 0 Å². The van der Waals surface area contributed by atoms with Gasteiger partial charge in [-0.05, 0) is 47.3 Å². The summed E-state index contributed by atoms with van der Waals surface area (Å²) in [6.45, 7) is 4.70. The van der Waals surface area contributed by atoms with Gasteiger partial charge in [0.15, 0.2) is 0 Å². The van der Waals surface area contributed by atoms with Gasteiger partial charge < -0.3 is 5.32 Å². The summed E-state index contributed by atoms with van der Waals surface area (Å²) < 4.78 is 1.13. The first-order valence-corrected chi connectivity index (χ1v) is 6.60. The summed E-state index contributed by atoms with van der Waals surface area (Å²) in [5, 5.41) is 5.29. The second-order valence-electron chi connectivity index (χ2n) is 3.52. The van der Waals surface area contributed by atoms with Crippen LogP contribution in [-0.4, -0.2) is 9.97 Å². The van der Waals surface area contributed by atoms with Crippen molar-refractivity contribution in [3.05, 3.63) is 38.3 Å². The number of hydrogen-bond acceptors (Lipinski definition) is 4. The molecule has 0 saturated carbocycles. The summed E-state index contributed by atoms with van der Waals surface area (Å²) in [6, 6.07) is 4.01. The third kappa shape index (κ3) is 2.80. The predicted octanol–water partition coefficient (Wildman–Crippen LogP) is 3.53. The zero-order chi connectivity index (χ0) is 11.5. The van der Waals surface area contributed by atoms with Crippen LogP contribution >= 0.6 is 27.3 Å². The summed E-state index contributed by atoms with van der Waals surface area (Å²) in [4.78, 5) is 9.91. The summed E-state index contributed by atoms with van der Waals surface area (Å²) in [5.74, 6) is 0.692. The van der Waals surface area contributed by atoms with E-state index in [-0.39, 0.29) is 0 Å². The van der Waals surface area contributed by atoms with Gasteiger partial charge in [-0.2, -0.15) is 0 Å². The fraction of sp³-hybridized carbons (Fsp3) is 0.273. The number of hydrogen-bond donors (Lipinski definition) is 1. The molecule has 5 heteroatoms. The fourth-order valence-electron chi connectivity index (χ4n) is 1.42. The number of rotatable bonds is 3. The van der Waals surface area contributed by atoms with Crippen LogP contribution in [0.25, 0.3) is 0 Å². The number of nitrogens with zero attached hydrogens (tertiary/aromatic N) is 2. The van der Waals surface area contributed by atoms with Gasteiger partial charge in [-0.25, -0.2) is 9.97 Å². The van der Waals surface area contributed by atoms with E-state index in [4.69, 9.17) is 0 Å². The van der Waals surface area contributed by atoms with E-state index in [0.717, 1.165) is 22.4 Å². The predicted molar refractivity (Wildman–Crippen MR) is 70.9 cm³/mol. The van der Waals surface area contributed by atoms with Crippen LogP contribution in [0.5, 0.6) is 0 Å². The minimum absolute atomic E-state index is 0.692. The third-order valence-corrected chi connectivity index (χ3v) is 4.01. The van der Waals surface area contributed by atoms with Gasteiger partial charge >= 0.3 is 0 Å². The Balaban J connectivity index is 2.07. The minimum atomic E-state index is 0.692. The Kier molecular flexibility index (Phi) is 3.56. The topological polar surface area (TPSA) is 37.8 Å². The van der Waals surface area contributed by atoms with Crippen molar-refractivity contribution in [2.24, 2.45) is 0 Å². The number of aromatic nitrogens is 2. The quantitative estimate of drug-likeness (QED) is 0.942. The van der Waals surface area contributed by atoms with Crippen LogP contribution in [0.2, 0.25) is 0 Å². The SMILES string of the molecule is Cc1cc(C)nc(NCc2sccc2Br)n1. The van der Waals surface area contributed by atoms with Crippen LogP contribution in [0.3, 0.4) is 0 Å². The maximum atomic E-state index is 4.33. The summed E-state index contributed by atoms with van der Waals surface area (Å²) in [5.41, 5.74) is 1.97. The maximum absolute atomic E-state index is 4.33. The Hall–Kier alpha value is -0.940. The fourth-order valence-corrected chi connectivity index (χ4v) is 2.85. The number of aryl methyl sites for hydroxylation is 2. The molecule has 0 radical (unpaired) electrons. The van der Waals surface area contributed by atoms with Crippen LogP contribution in [0, 0.1) is 13.8 Å². The third-order valence-electron chi connectivity index (χ3n) is 2.08. The lowest BCUT2D eigenvalue weighted by molar-refractivity contribution is 1.01. The van der Waals surface area contributed by atoms with E-state index in [1.165, 1.54) is 4.88 Å². The smallest absolute Gasteiger partial charge is 0.223 e. The van der Waals surface area contributed by atoms with Crippen molar-refractivity contribution >= 4 is 33.2 Å². The van der Waals surface area contributed by atoms with Crippen molar-refractivity contribution < 1.29 is 0 Å². The molecule has 0 aliphatic carbocycles. The van der Waals surface area contributed by atoms with Gasteiger partial charge in [0.1, 0.15) is 0 Å². The zero-order valence-corrected chi connectivity index (χ0v) is 11.5. The Morgan fingerprint density at radius 1 is 1.31 bits per heavy atom. The molecule has 0 saturated heterocycles. The summed E-state index contributed by atoms with van der Waals surface area (Å²) >= 11 is 5.21. The Bertz CT molecular complexity index is 475. The average Bonchev–Trinajstić information content (AvgIpc) is 2.59. The first-order chi connectivity index (χ1) is 7.65. The van der Waals surface area contributed by atoms with E-state index in [2.05, 4.69) is 36.6 Å². The van der Waals surface area contributed by atoms with Crippen LogP contribution in [-0.2, 0) is 6.54 Å². The van der Waals surface area contributed by atoms with Crippen molar-refractivity contribution in [2.45, 2.75) is 20.4 Å². The van der Waals surface area contributed by atoms with Crippen LogP contribution in [0.15, 0.2) is 22.0 Å². The molecule has 0 aliphatic heterocycles. The maximum Gasteiger partial charge on any atom is 0.223 e. The van der Waals surface area contributed by atoms with Crippen LogP contribution in [0.1, 0.15) is 16.3 Å². The first kappa shape index (κ1) is 11.5. The standard InChI is InChI=1S/C11H12BrN3S/c1-7-5-8(2)15-11(14-7)13-6-10-9(12)3-4-16-10/h3-5H,6H2,1-2H3,(H,13,14,15). The Morgan fingerprint density at radius 2 is 2.00 bits per heavy atom. The highest BCUT2D eigenvalue weighted by Crippen LogP contribution is 2.23. The lowest BCUT2D eigenvalue weighted by Crippen LogP contribution is -2.04. The molecule has 0 fully saturated rings. The second kappa shape index (κ2) is 4.93. The molecule has 1 N–H and O–H groups in total. The van der Waals surface area contributed by atoms with Crippen molar-refractivity contribution in [2.75, 3.05) is 5.32 Å². The normalized spacial score (nSPS) is 10.4. The molecular formula is C11H12BrN3S. The van der Waals surface area contributed by atoms with Gasteiger partial charge in [0.2, 0.25) is 5.95 Å². The van der Waals surface area contributed by atoms with Crippen molar-refractivity contribution in [1.82, 2.24) is 9.97 Å². The first-order valence-electron chi connectivity index (χ1n) is 4.93. The van der Waals surface area contributed by atoms with E-state index in [1.54, 1.807) is 11.3 Å². The van der Waals surface area contributed by atoms with Gasteiger partial charge in [-0.3, -0.25) is 0 Å². The summed E-state index contributed by atoms with van der Waals surface area (Å²) in [7, 11) is 0. The summed E-state index contributed by atoms with van der Waals surface area (Å²) in [6.07, 6.45) is 0. The lowest BCUT2D eigenvalue weighted by atomic mass is 10.3. The van der Waals surface area contributed by atoms with E-state index < -0.39 is 0 Å². The zero-order valence-electron chi connectivity index (χ0n) is 9.12. The molecule has 16 heavy (non-hydrogen) atoms. The number of halogens is 1. The molecule has 0 unspecified atom stereocenters. The van der Waals surface area contributed by atoms with Crippen molar-refractivity contribution in [3.63, 3.8) is 0 Å². The molecule has 0 bridgehead atoms. The van der Waals surface area contributed by atoms with E-state index in [1.807, 2.05) is 26.0 Å². The molecule has 0 aliphatic rings. The number of anilines is 1. The molecule has 84 valence electrons. The molecule has 0 atom stereocenters. The highest BCUT2D eigenvalue weighted by molar-refractivity contribution is 9.10. The highest BCUT2D eigenvalue weighted by atomic mass is 79.9. The molecule has 2 rings (SSSR count). The molecule has 0 spiro atoms. The van der Waals surface area contributed by atoms with Crippen molar-refractivity contribution in [1.29, 1.82) is 0 Å². The van der Waals surface area contributed by atoms with Crippen molar-refractivity contribution in [3.8, 4) is 0 Å². The Labute approximate surface area is 107 Å². The minimum Gasteiger partial charge on any atom is -0.349 e. The number of nitrogens with one attached hydrogen (secondary N) is 1. The molecule has 2 heterocycles.